The minimum Gasteiger partial charge on any atom is -0.376 e. The Morgan fingerprint density at radius 2 is 1.71 bits per heavy atom. The number of likely N-dealkylation sites (tertiary alicyclic amines) is 1. The van der Waals surface area contributed by atoms with E-state index < -0.39 is 0 Å². The third-order valence-corrected chi connectivity index (χ3v) is 6.11. The third kappa shape index (κ3) is 8.38. The predicted molar refractivity (Wildman–Crippen MR) is 132 cm³/mol. The number of carbonyl (C=O) groups is 2. The van der Waals surface area contributed by atoms with Crippen molar-refractivity contribution in [1.82, 2.24) is 24.9 Å². The molecular formula is C21H39IN6O3. The first kappa shape index (κ1) is 26.1. The van der Waals surface area contributed by atoms with Gasteiger partial charge in [-0.05, 0) is 32.1 Å². The summed E-state index contributed by atoms with van der Waals surface area (Å²) in [6, 6.07) is 0. The molecule has 3 aliphatic rings. The molecule has 3 heterocycles. The fourth-order valence-electron chi connectivity index (χ4n) is 4.10. The van der Waals surface area contributed by atoms with Gasteiger partial charge in [-0.15, -0.1) is 24.0 Å². The van der Waals surface area contributed by atoms with E-state index >= 15 is 0 Å². The minimum absolute atomic E-state index is 0. The summed E-state index contributed by atoms with van der Waals surface area (Å²) >= 11 is 0. The number of aliphatic imine (C=N–C) groups is 1. The van der Waals surface area contributed by atoms with E-state index in [1.165, 1.54) is 6.42 Å². The maximum absolute atomic E-state index is 12.4. The molecule has 0 spiro atoms. The lowest BCUT2D eigenvalue weighted by Gasteiger charge is -2.37. The molecule has 3 rings (SSSR count). The highest BCUT2D eigenvalue weighted by Gasteiger charge is 2.25. The number of amides is 2. The number of likely N-dealkylation sites (N-methyl/N-ethyl adjacent to an activating group) is 1. The second kappa shape index (κ2) is 13.4. The molecule has 0 radical (unpaired) electrons. The van der Waals surface area contributed by atoms with Crippen LogP contribution in [0.3, 0.4) is 0 Å². The molecule has 0 saturated carbocycles. The van der Waals surface area contributed by atoms with Gasteiger partial charge in [0.1, 0.15) is 6.54 Å². The fraction of sp³-hybridized carbons (Fsp3) is 0.857. The number of hydrogen-bond donors (Lipinski definition) is 1. The summed E-state index contributed by atoms with van der Waals surface area (Å²) in [6.07, 6.45) is 5.84. The van der Waals surface area contributed by atoms with Gasteiger partial charge in [0.2, 0.25) is 11.8 Å². The molecule has 1 atom stereocenters. The summed E-state index contributed by atoms with van der Waals surface area (Å²) in [6.45, 7) is 7.21. The fourth-order valence-corrected chi connectivity index (χ4v) is 4.10. The molecule has 9 nitrogen and oxygen atoms in total. The quantitative estimate of drug-likeness (QED) is 0.294. The van der Waals surface area contributed by atoms with Gasteiger partial charge < -0.3 is 24.8 Å². The summed E-state index contributed by atoms with van der Waals surface area (Å²) in [5.41, 5.74) is 0. The van der Waals surface area contributed by atoms with Crippen molar-refractivity contribution in [3.8, 4) is 0 Å². The molecular weight excluding hydrogens is 511 g/mol. The smallest absolute Gasteiger partial charge is 0.243 e. The van der Waals surface area contributed by atoms with Gasteiger partial charge in [-0.3, -0.25) is 14.5 Å². The second-order valence-electron chi connectivity index (χ2n) is 8.65. The first-order valence-electron chi connectivity index (χ1n) is 11.4. The van der Waals surface area contributed by atoms with Gasteiger partial charge in [0, 0.05) is 66.5 Å². The van der Waals surface area contributed by atoms with E-state index in [9.17, 15) is 9.59 Å². The van der Waals surface area contributed by atoms with E-state index in [4.69, 9.17) is 4.74 Å². The summed E-state index contributed by atoms with van der Waals surface area (Å²) in [5, 5.41) is 3.44. The topological polar surface area (TPSA) is 80.7 Å². The van der Waals surface area contributed by atoms with Crippen molar-refractivity contribution in [2.24, 2.45) is 4.99 Å². The van der Waals surface area contributed by atoms with Crippen LogP contribution in [0, 0.1) is 0 Å². The Labute approximate surface area is 203 Å². The van der Waals surface area contributed by atoms with Crippen molar-refractivity contribution >= 4 is 41.8 Å². The van der Waals surface area contributed by atoms with E-state index in [1.54, 1.807) is 19.0 Å². The molecule has 0 aromatic carbocycles. The van der Waals surface area contributed by atoms with Crippen molar-refractivity contribution in [2.45, 2.75) is 38.2 Å². The molecule has 1 unspecified atom stereocenters. The highest BCUT2D eigenvalue weighted by molar-refractivity contribution is 14.0. The number of ether oxygens (including phenoxy) is 1. The molecule has 3 fully saturated rings. The highest BCUT2D eigenvalue weighted by Crippen LogP contribution is 2.12. The van der Waals surface area contributed by atoms with Crippen molar-refractivity contribution < 1.29 is 14.3 Å². The number of carbonyl (C=O) groups excluding carboxylic acids is 2. The number of nitrogens with zero attached hydrogens (tertiary/aromatic N) is 5. The normalized spacial score (nSPS) is 22.8. The minimum atomic E-state index is -0.0157. The summed E-state index contributed by atoms with van der Waals surface area (Å²) < 4.78 is 5.83. The van der Waals surface area contributed by atoms with Crippen molar-refractivity contribution in [2.75, 3.05) is 79.6 Å². The lowest BCUT2D eigenvalue weighted by molar-refractivity contribution is -0.131. The van der Waals surface area contributed by atoms with E-state index in [0.717, 1.165) is 77.5 Å². The van der Waals surface area contributed by atoms with Gasteiger partial charge in [-0.2, -0.15) is 0 Å². The molecule has 0 aliphatic carbocycles. The Morgan fingerprint density at radius 1 is 1.00 bits per heavy atom. The number of rotatable bonds is 6. The molecule has 10 heteroatoms. The van der Waals surface area contributed by atoms with E-state index in [0.29, 0.717) is 13.1 Å². The maximum Gasteiger partial charge on any atom is 0.243 e. The van der Waals surface area contributed by atoms with Crippen LogP contribution in [0.15, 0.2) is 4.99 Å². The Hall–Kier alpha value is -1.14. The molecule has 178 valence electrons. The summed E-state index contributed by atoms with van der Waals surface area (Å²) in [7, 11) is 3.49. The molecule has 1 N–H and O–H groups in total. The number of hydrogen-bond acceptors (Lipinski definition) is 5. The van der Waals surface area contributed by atoms with Crippen LogP contribution in [0.4, 0.5) is 0 Å². The Bertz CT molecular complexity index is 598. The Morgan fingerprint density at radius 3 is 2.32 bits per heavy atom. The average Bonchev–Trinajstić information content (AvgIpc) is 3.30. The van der Waals surface area contributed by atoms with Crippen LogP contribution in [-0.4, -0.2) is 123 Å². The number of halogens is 1. The third-order valence-electron chi connectivity index (χ3n) is 6.11. The van der Waals surface area contributed by atoms with Crippen molar-refractivity contribution in [3.63, 3.8) is 0 Å². The Kier molecular flexibility index (Phi) is 11.3. The van der Waals surface area contributed by atoms with Crippen LogP contribution >= 0.6 is 24.0 Å². The van der Waals surface area contributed by atoms with Gasteiger partial charge in [0.25, 0.3) is 0 Å². The molecule has 0 bridgehead atoms. The van der Waals surface area contributed by atoms with Gasteiger partial charge in [0.15, 0.2) is 5.96 Å². The van der Waals surface area contributed by atoms with Crippen molar-refractivity contribution in [3.05, 3.63) is 0 Å². The highest BCUT2D eigenvalue weighted by atomic mass is 127. The van der Waals surface area contributed by atoms with Crippen LogP contribution in [0.1, 0.15) is 32.1 Å². The number of piperazine rings is 1. The second-order valence-corrected chi connectivity index (χ2v) is 8.65. The van der Waals surface area contributed by atoms with Gasteiger partial charge in [-0.1, -0.05) is 0 Å². The number of nitrogens with one attached hydrogen (secondary N) is 1. The zero-order valence-corrected chi connectivity index (χ0v) is 21.4. The molecule has 3 aliphatic heterocycles. The van der Waals surface area contributed by atoms with E-state index in [-0.39, 0.29) is 48.4 Å². The lowest BCUT2D eigenvalue weighted by atomic mass is 10.1. The lowest BCUT2D eigenvalue weighted by Crippen LogP contribution is -2.55. The van der Waals surface area contributed by atoms with Crippen LogP contribution in [0.5, 0.6) is 0 Å². The standard InChI is InChI=1S/C21H38N6O3.HI/c1-24(2)19(28)16-23-21(22-15-18-7-3-6-14-30-18)27-12-10-25(11-13-27)17-20(29)26-8-4-5-9-26;/h18H,3-17H2,1-2H3,(H,22,23);1H. The van der Waals surface area contributed by atoms with Crippen LogP contribution in [0.2, 0.25) is 0 Å². The first-order chi connectivity index (χ1) is 14.5. The molecule has 0 aromatic rings. The monoisotopic (exact) mass is 550 g/mol. The van der Waals surface area contributed by atoms with Crippen molar-refractivity contribution in [1.29, 1.82) is 0 Å². The van der Waals surface area contributed by atoms with Crippen LogP contribution < -0.4 is 5.32 Å². The molecule has 2 amide bonds. The molecule has 0 aromatic heterocycles. The van der Waals surface area contributed by atoms with Gasteiger partial charge in [0.05, 0.1) is 12.6 Å². The van der Waals surface area contributed by atoms with Gasteiger partial charge in [-0.25, -0.2) is 4.99 Å². The zero-order chi connectivity index (χ0) is 21.3. The largest absolute Gasteiger partial charge is 0.376 e. The van der Waals surface area contributed by atoms with E-state index in [2.05, 4.69) is 20.1 Å². The number of guanidine groups is 1. The molecule has 31 heavy (non-hydrogen) atoms. The van der Waals surface area contributed by atoms with Crippen LogP contribution in [-0.2, 0) is 14.3 Å². The SMILES string of the molecule is CN(C)C(=O)CN=C(NCC1CCCCO1)N1CCN(CC(=O)N2CCCC2)CC1.I. The van der Waals surface area contributed by atoms with Crippen LogP contribution in [0.25, 0.3) is 0 Å². The predicted octanol–water partition coefficient (Wildman–Crippen LogP) is 0.447. The zero-order valence-electron chi connectivity index (χ0n) is 19.1. The summed E-state index contributed by atoms with van der Waals surface area (Å²) in [4.78, 5) is 37.0. The maximum atomic E-state index is 12.4. The molecule has 3 saturated heterocycles. The average molecular weight is 550 g/mol. The summed E-state index contributed by atoms with van der Waals surface area (Å²) in [5.74, 6) is 1.00. The Balaban J connectivity index is 0.00000341. The van der Waals surface area contributed by atoms with Gasteiger partial charge >= 0.3 is 0 Å². The van der Waals surface area contributed by atoms with E-state index in [1.807, 2.05) is 4.90 Å². The first-order valence-corrected chi connectivity index (χ1v) is 11.4.